The third-order valence-electron chi connectivity index (χ3n) is 5.33. The molecule has 0 radical (unpaired) electrons. The number of carbonyl (C=O) groups excluding carboxylic acids is 1. The third-order valence-corrected chi connectivity index (χ3v) is 6.41. The number of primary amides is 1. The van der Waals surface area contributed by atoms with E-state index in [2.05, 4.69) is 28.5 Å². The number of hydrogen-bond donors (Lipinski definition) is 2. The zero-order valence-corrected chi connectivity index (χ0v) is 17.1. The Morgan fingerprint density at radius 1 is 1.00 bits per heavy atom. The lowest BCUT2D eigenvalue weighted by atomic mass is 9.94. The number of aromatic nitrogens is 1. The van der Waals surface area contributed by atoms with Gasteiger partial charge in [-0.25, -0.2) is 0 Å². The second-order valence-corrected chi connectivity index (χ2v) is 8.50. The van der Waals surface area contributed by atoms with Gasteiger partial charge < -0.3 is 11.1 Å². The number of rotatable bonds is 6. The van der Waals surface area contributed by atoms with E-state index in [9.17, 15) is 4.79 Å². The van der Waals surface area contributed by atoms with E-state index < -0.39 is 5.91 Å². The molecule has 4 rings (SSSR count). The monoisotopic (exact) mass is 403 g/mol. The van der Waals surface area contributed by atoms with Gasteiger partial charge in [-0.1, -0.05) is 55.3 Å². The summed E-state index contributed by atoms with van der Waals surface area (Å²) >= 11 is 1.71. The SMILES string of the molecule is NC(=O)c1ccc(-c2ccccc2Sc2ccncc2)cc1NC1CCCCC1. The Balaban J connectivity index is 1.68. The summed E-state index contributed by atoms with van der Waals surface area (Å²) < 4.78 is 0. The smallest absolute Gasteiger partial charge is 0.250 e. The summed E-state index contributed by atoms with van der Waals surface area (Å²) in [5.74, 6) is -0.394. The van der Waals surface area contributed by atoms with Gasteiger partial charge in [0.2, 0.25) is 0 Å². The van der Waals surface area contributed by atoms with Gasteiger partial charge >= 0.3 is 0 Å². The normalized spacial score (nSPS) is 14.5. The van der Waals surface area contributed by atoms with Crippen molar-refractivity contribution in [1.82, 2.24) is 4.98 Å². The number of carbonyl (C=O) groups is 1. The molecular weight excluding hydrogens is 378 g/mol. The van der Waals surface area contributed by atoms with Gasteiger partial charge in [0.25, 0.3) is 5.91 Å². The molecule has 1 aromatic heterocycles. The fourth-order valence-corrected chi connectivity index (χ4v) is 4.79. The van der Waals surface area contributed by atoms with Crippen LogP contribution in [0.5, 0.6) is 0 Å². The number of amides is 1. The van der Waals surface area contributed by atoms with E-state index in [0.717, 1.165) is 39.4 Å². The summed E-state index contributed by atoms with van der Waals surface area (Å²) in [6.07, 6.45) is 9.63. The fraction of sp³-hybridized carbons (Fsp3) is 0.250. The van der Waals surface area contributed by atoms with Crippen molar-refractivity contribution in [2.45, 2.75) is 47.9 Å². The Kier molecular flexibility index (Phi) is 6.15. The molecule has 0 bridgehead atoms. The molecule has 0 atom stereocenters. The van der Waals surface area contributed by atoms with Crippen LogP contribution in [0.3, 0.4) is 0 Å². The Hall–Kier alpha value is -2.79. The van der Waals surface area contributed by atoms with Crippen molar-refractivity contribution in [2.24, 2.45) is 5.73 Å². The van der Waals surface area contributed by atoms with Gasteiger partial charge in [0, 0.05) is 33.9 Å². The van der Waals surface area contributed by atoms with Gasteiger partial charge in [0.15, 0.2) is 0 Å². The van der Waals surface area contributed by atoms with Gasteiger partial charge in [-0.05, 0) is 54.3 Å². The number of nitrogens with two attached hydrogens (primary N) is 1. The van der Waals surface area contributed by atoms with Crippen molar-refractivity contribution in [3.05, 3.63) is 72.6 Å². The average molecular weight is 404 g/mol. The zero-order chi connectivity index (χ0) is 20.1. The van der Waals surface area contributed by atoms with Gasteiger partial charge in [-0.3, -0.25) is 9.78 Å². The topological polar surface area (TPSA) is 68.0 Å². The summed E-state index contributed by atoms with van der Waals surface area (Å²) in [4.78, 5) is 18.4. The lowest BCUT2D eigenvalue weighted by Crippen LogP contribution is -2.24. The molecule has 1 aliphatic rings. The van der Waals surface area contributed by atoms with E-state index in [0.29, 0.717) is 11.6 Å². The minimum absolute atomic E-state index is 0.394. The quantitative estimate of drug-likeness (QED) is 0.550. The van der Waals surface area contributed by atoms with Crippen molar-refractivity contribution in [1.29, 1.82) is 0 Å². The molecule has 1 amide bonds. The van der Waals surface area contributed by atoms with Gasteiger partial charge in [-0.15, -0.1) is 0 Å². The maximum Gasteiger partial charge on any atom is 0.250 e. The maximum atomic E-state index is 12.0. The molecular formula is C24H25N3OS. The first kappa shape index (κ1) is 19.5. The van der Waals surface area contributed by atoms with Gasteiger partial charge in [-0.2, -0.15) is 0 Å². The Morgan fingerprint density at radius 2 is 1.76 bits per heavy atom. The van der Waals surface area contributed by atoms with Crippen LogP contribution < -0.4 is 11.1 Å². The van der Waals surface area contributed by atoms with Crippen LogP contribution in [-0.4, -0.2) is 16.9 Å². The molecule has 1 heterocycles. The zero-order valence-electron chi connectivity index (χ0n) is 16.3. The van der Waals surface area contributed by atoms with E-state index in [1.54, 1.807) is 24.2 Å². The van der Waals surface area contributed by atoms with Crippen molar-refractivity contribution >= 4 is 23.4 Å². The van der Waals surface area contributed by atoms with Crippen LogP contribution >= 0.6 is 11.8 Å². The molecule has 4 nitrogen and oxygen atoms in total. The number of nitrogens with one attached hydrogen (secondary N) is 1. The van der Waals surface area contributed by atoms with Crippen LogP contribution in [-0.2, 0) is 0 Å². The molecule has 5 heteroatoms. The highest BCUT2D eigenvalue weighted by molar-refractivity contribution is 7.99. The Labute approximate surface area is 175 Å². The van der Waals surface area contributed by atoms with Gasteiger partial charge in [0.05, 0.1) is 5.56 Å². The van der Waals surface area contributed by atoms with Crippen LogP contribution in [0.2, 0.25) is 0 Å². The molecule has 0 unspecified atom stereocenters. The molecule has 2 aromatic carbocycles. The highest BCUT2D eigenvalue weighted by Crippen LogP contribution is 2.37. The lowest BCUT2D eigenvalue weighted by molar-refractivity contribution is 0.100. The average Bonchev–Trinajstić information content (AvgIpc) is 2.75. The highest BCUT2D eigenvalue weighted by Gasteiger charge is 2.17. The van der Waals surface area contributed by atoms with Crippen LogP contribution in [0.1, 0.15) is 42.5 Å². The molecule has 3 aromatic rings. The van der Waals surface area contributed by atoms with E-state index in [1.165, 1.54) is 19.3 Å². The van der Waals surface area contributed by atoms with Crippen LogP contribution in [0, 0.1) is 0 Å². The minimum Gasteiger partial charge on any atom is -0.382 e. The van der Waals surface area contributed by atoms with Crippen molar-refractivity contribution in [3.63, 3.8) is 0 Å². The molecule has 3 N–H and O–H groups in total. The van der Waals surface area contributed by atoms with Crippen molar-refractivity contribution < 1.29 is 4.79 Å². The highest BCUT2D eigenvalue weighted by atomic mass is 32.2. The summed E-state index contributed by atoms with van der Waals surface area (Å²) in [6.45, 7) is 0. The largest absolute Gasteiger partial charge is 0.382 e. The van der Waals surface area contributed by atoms with Crippen molar-refractivity contribution in [3.8, 4) is 11.1 Å². The molecule has 1 aliphatic carbocycles. The van der Waals surface area contributed by atoms with Crippen molar-refractivity contribution in [2.75, 3.05) is 5.32 Å². The number of benzene rings is 2. The fourth-order valence-electron chi connectivity index (χ4n) is 3.84. The standard InChI is InChI=1S/C24H25N3OS/c25-24(28)21-11-10-17(16-22(21)27-18-6-2-1-3-7-18)20-8-4-5-9-23(20)29-19-12-14-26-15-13-19/h4-5,8-16,18,27H,1-3,6-7H2,(H2,25,28). The molecule has 148 valence electrons. The van der Waals surface area contributed by atoms with E-state index >= 15 is 0 Å². The first-order valence-corrected chi connectivity index (χ1v) is 10.9. The Bertz CT molecular complexity index is 984. The number of nitrogens with zero attached hydrogens (tertiary/aromatic N) is 1. The minimum atomic E-state index is -0.394. The van der Waals surface area contributed by atoms with Crippen LogP contribution in [0.4, 0.5) is 5.69 Å². The Morgan fingerprint density at radius 3 is 2.52 bits per heavy atom. The molecule has 1 saturated carbocycles. The van der Waals surface area contributed by atoms with E-state index in [4.69, 9.17) is 5.73 Å². The predicted molar refractivity (Wildman–Crippen MR) is 119 cm³/mol. The predicted octanol–water partition coefficient (Wildman–Crippen LogP) is 5.74. The van der Waals surface area contributed by atoms with E-state index in [-0.39, 0.29) is 0 Å². The van der Waals surface area contributed by atoms with Crippen LogP contribution in [0.25, 0.3) is 11.1 Å². The van der Waals surface area contributed by atoms with E-state index in [1.807, 2.05) is 36.4 Å². The molecule has 0 spiro atoms. The first-order valence-electron chi connectivity index (χ1n) is 10.1. The second kappa shape index (κ2) is 9.14. The number of hydrogen-bond acceptors (Lipinski definition) is 4. The number of anilines is 1. The summed E-state index contributed by atoms with van der Waals surface area (Å²) in [5, 5.41) is 3.59. The number of pyridine rings is 1. The first-order chi connectivity index (χ1) is 14.2. The summed E-state index contributed by atoms with van der Waals surface area (Å²) in [7, 11) is 0. The van der Waals surface area contributed by atoms with Gasteiger partial charge in [0.1, 0.15) is 0 Å². The summed E-state index contributed by atoms with van der Waals surface area (Å²) in [6, 6.07) is 18.6. The molecule has 0 saturated heterocycles. The molecule has 1 fully saturated rings. The molecule has 0 aliphatic heterocycles. The molecule has 29 heavy (non-hydrogen) atoms. The summed E-state index contributed by atoms with van der Waals surface area (Å²) in [5.41, 5.74) is 9.25. The van der Waals surface area contributed by atoms with Crippen LogP contribution in [0.15, 0.2) is 76.8 Å². The second-order valence-electron chi connectivity index (χ2n) is 7.39. The lowest BCUT2D eigenvalue weighted by Gasteiger charge is -2.25. The third kappa shape index (κ3) is 4.80. The maximum absolute atomic E-state index is 12.0.